The molecule has 4 rings (SSSR count). The van der Waals surface area contributed by atoms with Crippen LogP contribution in [0, 0.1) is 0 Å². The molecule has 206 valence electrons. The first-order valence-corrected chi connectivity index (χ1v) is 14.0. The van der Waals surface area contributed by atoms with Gasteiger partial charge in [-0.05, 0) is 55.0 Å². The van der Waals surface area contributed by atoms with E-state index in [0.29, 0.717) is 25.8 Å². The van der Waals surface area contributed by atoms with Gasteiger partial charge in [0.15, 0.2) is 0 Å². The molecule has 0 saturated heterocycles. The van der Waals surface area contributed by atoms with Crippen molar-refractivity contribution in [1.29, 1.82) is 0 Å². The molecule has 0 bridgehead atoms. The highest BCUT2D eigenvalue weighted by Crippen LogP contribution is 2.30. The summed E-state index contributed by atoms with van der Waals surface area (Å²) in [5.74, 6) is -0.342. The molecule has 1 heterocycles. The second-order valence-corrected chi connectivity index (χ2v) is 10.0. The van der Waals surface area contributed by atoms with Crippen molar-refractivity contribution in [3.8, 4) is 11.3 Å². The molecule has 2 amide bonds. The molecular formula is C34H37N3O3. The van der Waals surface area contributed by atoms with Gasteiger partial charge >= 0.3 is 0 Å². The molecule has 3 aromatic carbocycles. The number of unbranched alkanes of at least 4 members (excludes halogenated alkanes) is 2. The molecule has 1 aromatic heterocycles. The van der Waals surface area contributed by atoms with Crippen molar-refractivity contribution in [3.05, 3.63) is 102 Å². The van der Waals surface area contributed by atoms with Crippen LogP contribution in [0.5, 0.6) is 0 Å². The summed E-state index contributed by atoms with van der Waals surface area (Å²) in [6, 6.07) is 27.3. The van der Waals surface area contributed by atoms with Crippen molar-refractivity contribution >= 4 is 34.6 Å². The molecule has 0 unspecified atom stereocenters. The Morgan fingerprint density at radius 3 is 2.30 bits per heavy atom. The van der Waals surface area contributed by atoms with Gasteiger partial charge < -0.3 is 20.4 Å². The number of hydrogen-bond acceptors (Lipinski definition) is 3. The third-order valence-corrected chi connectivity index (χ3v) is 6.93. The van der Waals surface area contributed by atoms with Crippen LogP contribution in [0.4, 0.5) is 0 Å². The lowest BCUT2D eigenvalue weighted by Crippen LogP contribution is -2.46. The van der Waals surface area contributed by atoms with Crippen LogP contribution in [-0.2, 0) is 20.8 Å². The van der Waals surface area contributed by atoms with E-state index < -0.39 is 6.04 Å². The molecule has 1 atom stereocenters. The number of rotatable bonds is 14. The minimum absolute atomic E-state index is 0.167. The molecule has 0 saturated carbocycles. The van der Waals surface area contributed by atoms with Gasteiger partial charge in [-0.2, -0.15) is 0 Å². The number of Topliss-reactive ketones (excluding diaryl/α,β-unsaturated/α-hetero) is 1. The maximum absolute atomic E-state index is 13.3. The van der Waals surface area contributed by atoms with Gasteiger partial charge in [0.1, 0.15) is 11.8 Å². The number of nitrogens with one attached hydrogen (secondary N) is 3. The van der Waals surface area contributed by atoms with Crippen LogP contribution < -0.4 is 10.6 Å². The number of carbonyl (C=O) groups is 3. The lowest BCUT2D eigenvalue weighted by Gasteiger charge is -2.18. The number of hydrogen-bond donors (Lipinski definition) is 3. The SMILES string of the molecule is CC(=O)CCCCC[C@H](NC(=O)/C=C/c1ccccc1)C(=O)NCCc1c(-c2ccccc2)[nH]c2ccccc12. The van der Waals surface area contributed by atoms with Crippen molar-refractivity contribution in [2.75, 3.05) is 6.54 Å². The van der Waals surface area contributed by atoms with Crippen LogP contribution in [0.25, 0.3) is 28.2 Å². The highest BCUT2D eigenvalue weighted by atomic mass is 16.2. The molecule has 6 heteroatoms. The number of aromatic nitrogens is 1. The minimum Gasteiger partial charge on any atom is -0.354 e. The van der Waals surface area contributed by atoms with E-state index in [0.717, 1.165) is 52.5 Å². The quantitative estimate of drug-likeness (QED) is 0.132. The van der Waals surface area contributed by atoms with Gasteiger partial charge in [0.05, 0.1) is 0 Å². The first-order valence-electron chi connectivity index (χ1n) is 14.0. The van der Waals surface area contributed by atoms with E-state index >= 15 is 0 Å². The highest BCUT2D eigenvalue weighted by Gasteiger charge is 2.20. The minimum atomic E-state index is -0.651. The number of H-pyrrole nitrogens is 1. The molecule has 0 fully saturated rings. The Labute approximate surface area is 235 Å². The van der Waals surface area contributed by atoms with Crippen LogP contribution in [0.1, 0.15) is 50.2 Å². The molecule has 3 N–H and O–H groups in total. The number of amides is 2. The smallest absolute Gasteiger partial charge is 0.244 e. The highest BCUT2D eigenvalue weighted by molar-refractivity contribution is 5.95. The molecule has 4 aromatic rings. The van der Waals surface area contributed by atoms with E-state index in [-0.39, 0.29) is 17.6 Å². The maximum Gasteiger partial charge on any atom is 0.244 e. The third-order valence-electron chi connectivity index (χ3n) is 6.93. The number of ketones is 1. The summed E-state index contributed by atoms with van der Waals surface area (Å²) < 4.78 is 0. The summed E-state index contributed by atoms with van der Waals surface area (Å²) in [4.78, 5) is 40.8. The van der Waals surface area contributed by atoms with Gasteiger partial charge in [0.25, 0.3) is 0 Å². The predicted octanol–water partition coefficient (Wildman–Crippen LogP) is 6.23. The first-order chi connectivity index (χ1) is 19.5. The Kier molecular flexibility index (Phi) is 10.4. The zero-order valence-corrected chi connectivity index (χ0v) is 23.0. The van der Waals surface area contributed by atoms with Gasteiger partial charge in [0.2, 0.25) is 11.8 Å². The summed E-state index contributed by atoms with van der Waals surface area (Å²) >= 11 is 0. The molecule has 0 aliphatic rings. The summed E-state index contributed by atoms with van der Waals surface area (Å²) in [7, 11) is 0. The Balaban J connectivity index is 1.41. The largest absolute Gasteiger partial charge is 0.354 e. The van der Waals surface area contributed by atoms with Gasteiger partial charge in [-0.3, -0.25) is 9.59 Å². The van der Waals surface area contributed by atoms with E-state index in [1.165, 1.54) is 6.08 Å². The van der Waals surface area contributed by atoms with E-state index in [2.05, 4.69) is 39.9 Å². The Morgan fingerprint density at radius 1 is 0.850 bits per heavy atom. The van der Waals surface area contributed by atoms with E-state index in [1.807, 2.05) is 60.7 Å². The molecule has 40 heavy (non-hydrogen) atoms. The van der Waals surface area contributed by atoms with Crippen LogP contribution in [0.15, 0.2) is 91.0 Å². The number of fused-ring (bicyclic) bond motifs is 1. The maximum atomic E-state index is 13.3. The fraction of sp³-hybridized carbons (Fsp3) is 0.265. The molecule has 0 aliphatic carbocycles. The third kappa shape index (κ3) is 8.27. The number of aromatic amines is 1. The average molecular weight is 536 g/mol. The summed E-state index contributed by atoms with van der Waals surface area (Å²) in [5, 5.41) is 7.08. The topological polar surface area (TPSA) is 91.1 Å². The van der Waals surface area contributed by atoms with Crippen molar-refractivity contribution in [1.82, 2.24) is 15.6 Å². The molecule has 0 radical (unpaired) electrons. The standard InChI is InChI=1S/C34H37N3O3/c1-25(38)13-5-2-10-20-31(36-32(39)22-21-26-14-6-3-7-15-26)34(40)35-24-23-29-28-18-11-12-19-30(28)37-33(29)27-16-8-4-9-17-27/h3-4,6-9,11-12,14-19,21-22,31,37H,2,5,10,13,20,23-24H2,1H3,(H,35,40)(H,36,39)/b22-21+/t31-/m0/s1. The van der Waals surface area contributed by atoms with E-state index in [9.17, 15) is 14.4 Å². The normalized spacial score (nSPS) is 11.9. The fourth-order valence-electron chi connectivity index (χ4n) is 4.87. The van der Waals surface area contributed by atoms with Gasteiger partial charge in [-0.1, -0.05) is 91.7 Å². The molecule has 0 aliphatic heterocycles. The molecular weight excluding hydrogens is 498 g/mol. The zero-order valence-electron chi connectivity index (χ0n) is 23.0. The van der Waals surface area contributed by atoms with Gasteiger partial charge in [-0.25, -0.2) is 0 Å². The second-order valence-electron chi connectivity index (χ2n) is 10.0. The lowest BCUT2D eigenvalue weighted by molar-refractivity contribution is -0.127. The summed E-state index contributed by atoms with van der Waals surface area (Å²) in [6.07, 6.45) is 7.25. The Hall–Kier alpha value is -4.45. The summed E-state index contributed by atoms with van der Waals surface area (Å²) in [6.45, 7) is 2.03. The summed E-state index contributed by atoms with van der Waals surface area (Å²) in [5.41, 5.74) is 5.27. The predicted molar refractivity (Wildman–Crippen MR) is 162 cm³/mol. The molecule has 6 nitrogen and oxygen atoms in total. The lowest BCUT2D eigenvalue weighted by atomic mass is 10.0. The van der Waals surface area contributed by atoms with Gasteiger partial charge in [0, 0.05) is 35.6 Å². The Morgan fingerprint density at radius 2 is 1.55 bits per heavy atom. The number of carbonyl (C=O) groups excluding carboxylic acids is 3. The van der Waals surface area contributed by atoms with Crippen LogP contribution in [0.2, 0.25) is 0 Å². The van der Waals surface area contributed by atoms with Crippen molar-refractivity contribution < 1.29 is 14.4 Å². The molecule has 0 spiro atoms. The van der Waals surface area contributed by atoms with Crippen LogP contribution in [-0.4, -0.2) is 35.2 Å². The van der Waals surface area contributed by atoms with Crippen molar-refractivity contribution in [3.63, 3.8) is 0 Å². The fourth-order valence-corrected chi connectivity index (χ4v) is 4.87. The van der Waals surface area contributed by atoms with Crippen LogP contribution >= 0.6 is 0 Å². The van der Waals surface area contributed by atoms with Gasteiger partial charge in [-0.15, -0.1) is 0 Å². The van der Waals surface area contributed by atoms with Crippen molar-refractivity contribution in [2.24, 2.45) is 0 Å². The van der Waals surface area contributed by atoms with Crippen molar-refractivity contribution in [2.45, 2.75) is 51.5 Å². The second kappa shape index (κ2) is 14.6. The van der Waals surface area contributed by atoms with E-state index in [1.54, 1.807) is 13.0 Å². The average Bonchev–Trinajstić information content (AvgIpc) is 3.34. The monoisotopic (exact) mass is 535 g/mol. The number of para-hydroxylation sites is 1. The van der Waals surface area contributed by atoms with E-state index in [4.69, 9.17) is 0 Å². The van der Waals surface area contributed by atoms with Crippen LogP contribution in [0.3, 0.4) is 0 Å². The first kappa shape index (κ1) is 28.6. The zero-order chi connectivity index (χ0) is 28.2. The number of benzene rings is 3. The Bertz CT molecular complexity index is 1440.